The number of alkyl halides is 3. The third-order valence-electron chi connectivity index (χ3n) is 5.32. The van der Waals surface area contributed by atoms with E-state index in [9.17, 15) is 18.0 Å². The molecule has 0 aliphatic carbocycles. The van der Waals surface area contributed by atoms with Crippen LogP contribution in [0.25, 0.3) is 5.52 Å². The third-order valence-corrected chi connectivity index (χ3v) is 7.09. The van der Waals surface area contributed by atoms with Crippen LogP contribution in [0.15, 0.2) is 35.8 Å². The fraction of sp³-hybridized carbons (Fsp3) is 0.462. The second kappa shape index (κ2) is 15.2. The SMILES string of the molecule is CC.C[C@@H]1CCC=NCCC1.Cn1cc(C(=O)NCC#Cc2cc3c(N)nccn3c2[Se]C(F)(F)F)cn1. The van der Waals surface area contributed by atoms with Crippen LogP contribution in [0, 0.1) is 17.8 Å². The Balaban J connectivity index is 0.000000387. The fourth-order valence-electron chi connectivity index (χ4n) is 3.52. The first-order valence-corrected chi connectivity index (χ1v) is 14.1. The Morgan fingerprint density at radius 2 is 2.08 bits per heavy atom. The van der Waals surface area contributed by atoms with Crippen LogP contribution in [0.4, 0.5) is 19.0 Å². The van der Waals surface area contributed by atoms with Crippen molar-refractivity contribution in [3.8, 4) is 11.8 Å². The summed E-state index contributed by atoms with van der Waals surface area (Å²) in [7, 11) is 1.68. The molecule has 38 heavy (non-hydrogen) atoms. The second-order valence-corrected chi connectivity index (χ2v) is 10.5. The molecule has 4 rings (SSSR count). The van der Waals surface area contributed by atoms with Crippen LogP contribution in [-0.2, 0) is 7.05 Å². The summed E-state index contributed by atoms with van der Waals surface area (Å²) in [5, 5.41) is 2.11. The second-order valence-electron chi connectivity index (χ2n) is 8.28. The zero-order chi connectivity index (χ0) is 28.1. The van der Waals surface area contributed by atoms with Crippen LogP contribution in [0.2, 0.25) is 0 Å². The molecule has 0 saturated heterocycles. The number of fused-ring (bicyclic) bond motifs is 1. The number of nitrogens with one attached hydrogen (secondary N) is 1. The van der Waals surface area contributed by atoms with E-state index >= 15 is 0 Å². The quantitative estimate of drug-likeness (QED) is 0.357. The van der Waals surface area contributed by atoms with Crippen molar-refractivity contribution in [1.82, 2.24) is 24.5 Å². The van der Waals surface area contributed by atoms with Crippen molar-refractivity contribution >= 4 is 43.0 Å². The maximum absolute atomic E-state index is 13.0. The predicted molar refractivity (Wildman–Crippen MR) is 146 cm³/mol. The molecule has 1 atom stereocenters. The molecule has 206 valence electrons. The van der Waals surface area contributed by atoms with Gasteiger partial charge in [-0.3, -0.25) is 4.99 Å². The number of rotatable bonds is 3. The number of carbonyl (C=O) groups is 1. The summed E-state index contributed by atoms with van der Waals surface area (Å²) in [5.41, 5.74) is 6.69. The van der Waals surface area contributed by atoms with E-state index in [4.69, 9.17) is 5.73 Å². The minimum absolute atomic E-state index is 0.0217. The number of aliphatic imine (C=N–C) groups is 1. The fourth-order valence-corrected chi connectivity index (χ4v) is 4.99. The van der Waals surface area contributed by atoms with E-state index in [1.165, 1.54) is 59.4 Å². The van der Waals surface area contributed by atoms with E-state index in [-0.39, 0.29) is 28.4 Å². The molecule has 0 spiro atoms. The molecule has 1 aliphatic heterocycles. The van der Waals surface area contributed by atoms with Crippen LogP contribution in [0.1, 0.15) is 62.4 Å². The first-order valence-electron chi connectivity index (χ1n) is 12.4. The molecule has 0 aromatic carbocycles. The van der Waals surface area contributed by atoms with E-state index in [2.05, 4.69) is 45.4 Å². The molecule has 12 heteroatoms. The number of aryl methyl sites for hydroxylation is 1. The molecule has 0 bridgehead atoms. The molecule has 0 unspecified atom stereocenters. The van der Waals surface area contributed by atoms with Gasteiger partial charge in [0, 0.05) is 6.54 Å². The van der Waals surface area contributed by atoms with Crippen molar-refractivity contribution in [3.63, 3.8) is 0 Å². The van der Waals surface area contributed by atoms with E-state index < -0.39 is 20.0 Å². The maximum atomic E-state index is 13.0. The first-order chi connectivity index (χ1) is 18.1. The van der Waals surface area contributed by atoms with Gasteiger partial charge in [0.25, 0.3) is 0 Å². The van der Waals surface area contributed by atoms with E-state index in [0.717, 1.165) is 12.5 Å². The summed E-state index contributed by atoms with van der Waals surface area (Å²) < 4.78 is 41.8. The summed E-state index contributed by atoms with van der Waals surface area (Å²) in [5.74, 6) is 6.04. The molecule has 0 fully saturated rings. The van der Waals surface area contributed by atoms with Gasteiger partial charge in [-0.25, -0.2) is 0 Å². The Morgan fingerprint density at radius 3 is 2.76 bits per heavy atom. The summed E-state index contributed by atoms with van der Waals surface area (Å²) in [6, 6.07) is 1.47. The molecule has 0 radical (unpaired) electrons. The molecular weight excluding hydrogens is 562 g/mol. The van der Waals surface area contributed by atoms with E-state index in [1.807, 2.05) is 13.8 Å². The summed E-state index contributed by atoms with van der Waals surface area (Å²) in [4.78, 5) is 20.0. The Bertz CT molecular complexity index is 1270. The molecule has 1 amide bonds. The summed E-state index contributed by atoms with van der Waals surface area (Å²) >= 11 is -1.81. The zero-order valence-electron chi connectivity index (χ0n) is 22.0. The minimum atomic E-state index is -4.34. The van der Waals surface area contributed by atoms with Gasteiger partial charge in [-0.05, 0) is 37.8 Å². The van der Waals surface area contributed by atoms with Crippen molar-refractivity contribution in [2.45, 2.75) is 51.5 Å². The number of hydrogen-bond acceptors (Lipinski definition) is 5. The Labute approximate surface area is 227 Å². The Morgan fingerprint density at radius 1 is 1.32 bits per heavy atom. The first kappa shape index (κ1) is 30.9. The van der Waals surface area contributed by atoms with Crippen LogP contribution in [-0.4, -0.2) is 64.4 Å². The number of anilines is 1. The van der Waals surface area contributed by atoms with E-state index in [0.29, 0.717) is 11.1 Å². The molecule has 8 nitrogen and oxygen atoms in total. The molecule has 3 aromatic heterocycles. The van der Waals surface area contributed by atoms with Crippen molar-refractivity contribution < 1.29 is 18.0 Å². The molecular formula is C26H34F3N7OSe. The number of nitrogens with two attached hydrogens (primary N) is 1. The number of amides is 1. The van der Waals surface area contributed by atoms with Gasteiger partial charge in [-0.15, -0.1) is 0 Å². The van der Waals surface area contributed by atoms with Crippen molar-refractivity contribution in [2.24, 2.45) is 18.0 Å². The normalized spacial score (nSPS) is 15.1. The Kier molecular flexibility index (Phi) is 12.4. The number of halogens is 3. The van der Waals surface area contributed by atoms with Crippen molar-refractivity contribution in [3.05, 3.63) is 42.0 Å². The summed E-state index contributed by atoms with van der Waals surface area (Å²) in [6.45, 7) is 7.37. The molecule has 4 heterocycles. The van der Waals surface area contributed by atoms with Crippen LogP contribution in [0.5, 0.6) is 0 Å². The zero-order valence-corrected chi connectivity index (χ0v) is 23.8. The van der Waals surface area contributed by atoms with Crippen molar-refractivity contribution in [2.75, 3.05) is 18.8 Å². The van der Waals surface area contributed by atoms with Gasteiger partial charge < -0.3 is 0 Å². The van der Waals surface area contributed by atoms with Gasteiger partial charge in [0.1, 0.15) is 0 Å². The van der Waals surface area contributed by atoms with Gasteiger partial charge in [-0.1, -0.05) is 20.8 Å². The number of nitrogen functional groups attached to an aromatic ring is 1. The molecule has 3 aromatic rings. The van der Waals surface area contributed by atoms with Crippen molar-refractivity contribution in [1.29, 1.82) is 0 Å². The van der Waals surface area contributed by atoms with Gasteiger partial charge in [0.2, 0.25) is 0 Å². The molecule has 3 N–H and O–H groups in total. The van der Waals surface area contributed by atoms with Gasteiger partial charge >= 0.3 is 157 Å². The van der Waals surface area contributed by atoms with Crippen LogP contribution in [0.3, 0.4) is 0 Å². The van der Waals surface area contributed by atoms with Gasteiger partial charge in [-0.2, -0.15) is 0 Å². The number of hydrogen-bond donors (Lipinski definition) is 2. The van der Waals surface area contributed by atoms with Crippen LogP contribution >= 0.6 is 0 Å². The predicted octanol–water partition coefficient (Wildman–Crippen LogP) is 3.57. The number of carbonyl (C=O) groups excluding carboxylic acids is 1. The Hall–Kier alpha value is -3.29. The molecule has 1 aliphatic rings. The monoisotopic (exact) mass is 597 g/mol. The van der Waals surface area contributed by atoms with Gasteiger partial charge in [0.15, 0.2) is 0 Å². The third kappa shape index (κ3) is 9.88. The van der Waals surface area contributed by atoms with E-state index in [1.54, 1.807) is 13.2 Å². The topological polar surface area (TPSA) is 103 Å². The molecule has 0 saturated carbocycles. The number of nitrogens with zero attached hydrogens (tertiary/aromatic N) is 5. The summed E-state index contributed by atoms with van der Waals surface area (Å²) in [6.07, 6.45) is 13.0. The van der Waals surface area contributed by atoms with Gasteiger partial charge in [0.05, 0.1) is 0 Å². The standard InChI is InChI=1S/C16H13F3N6OSe.C8H15N.C2H6/c1-24-9-11(8-23-24)14(26)22-4-2-3-10-7-12-13(20)21-5-6-25(12)15(10)27-16(17,18)19;1-8-4-2-6-9-7-3-5-8;1-2/h5-9H,4H2,1H3,(H2,20,21)(H,22,26);6,8H,2-5,7H2,1H3;1-2H3/t;8-;/m.1./s1. The number of aromatic nitrogens is 4. The average molecular weight is 597 g/mol. The average Bonchev–Trinajstić information content (AvgIpc) is 3.44. The van der Waals surface area contributed by atoms with Crippen LogP contribution < -0.4 is 15.6 Å².